The van der Waals surface area contributed by atoms with Crippen LogP contribution in [-0.4, -0.2) is 42.0 Å². The lowest BCUT2D eigenvalue weighted by Gasteiger charge is -2.42. The molecular weight excluding hydrogens is 492 g/mol. The molecule has 1 rings (SSSR count). The number of unbranched alkanes of at least 4 members (excludes halogenated alkanes) is 4. The fourth-order valence-electron chi connectivity index (χ4n) is 6.25. The summed E-state index contributed by atoms with van der Waals surface area (Å²) in [6.45, 7) is 17.3. The van der Waals surface area contributed by atoms with Gasteiger partial charge in [-0.05, 0) is 49.7 Å². The quantitative estimate of drug-likeness (QED) is 0.0896. The van der Waals surface area contributed by atoms with Crippen LogP contribution in [-0.2, 0) is 14.0 Å². The van der Waals surface area contributed by atoms with E-state index in [0.717, 1.165) is 57.4 Å². The van der Waals surface area contributed by atoms with Crippen LogP contribution in [0.2, 0.25) is 17.1 Å². The Balaban J connectivity index is 3.09. The van der Waals surface area contributed by atoms with Crippen LogP contribution >= 0.6 is 0 Å². The number of aliphatic hydroxyl groups is 1. The fourth-order valence-corrected chi connectivity index (χ4v) is 11.1. The second-order valence-corrected chi connectivity index (χ2v) is 17.9. The number of Topliss-reactive ketones (excluding diaryl/α,β-unsaturated/α-hetero) is 1. The molecule has 1 fully saturated rings. The van der Waals surface area contributed by atoms with Crippen molar-refractivity contribution in [3.63, 3.8) is 0 Å². The van der Waals surface area contributed by atoms with Gasteiger partial charge in [-0.3, -0.25) is 9.59 Å². The van der Waals surface area contributed by atoms with Gasteiger partial charge in [0.25, 0.3) is 0 Å². The number of carbonyl (C=O) groups excluding carboxylic acids is 1. The van der Waals surface area contributed by atoms with Gasteiger partial charge in [0, 0.05) is 18.3 Å². The summed E-state index contributed by atoms with van der Waals surface area (Å²) < 4.78 is 7.21. The molecule has 3 unspecified atom stereocenters. The lowest BCUT2D eigenvalue weighted by atomic mass is 9.87. The summed E-state index contributed by atoms with van der Waals surface area (Å²) in [4.78, 5) is 24.5. The number of carbonyl (C=O) groups is 2. The van der Waals surface area contributed by atoms with Gasteiger partial charge in [0.05, 0.1) is 17.6 Å². The molecule has 0 bridgehead atoms. The smallest absolute Gasteiger partial charge is 0.306 e. The highest BCUT2D eigenvalue weighted by molar-refractivity contribution is 6.76. The van der Waals surface area contributed by atoms with Crippen LogP contribution in [0.3, 0.4) is 0 Å². The van der Waals surface area contributed by atoms with Crippen molar-refractivity contribution in [2.45, 2.75) is 161 Å². The first kappa shape index (κ1) is 35.0. The van der Waals surface area contributed by atoms with Crippen molar-refractivity contribution in [2.75, 3.05) is 0 Å². The van der Waals surface area contributed by atoms with Crippen LogP contribution in [0.25, 0.3) is 0 Å². The van der Waals surface area contributed by atoms with E-state index in [-0.39, 0.29) is 23.9 Å². The van der Waals surface area contributed by atoms with E-state index >= 15 is 0 Å². The van der Waals surface area contributed by atoms with Gasteiger partial charge in [0.1, 0.15) is 5.78 Å². The summed E-state index contributed by atoms with van der Waals surface area (Å²) >= 11 is 0. The number of carboxylic acids is 1. The lowest BCUT2D eigenvalue weighted by Crippen LogP contribution is -2.48. The highest BCUT2D eigenvalue weighted by atomic mass is 28.4. The highest BCUT2D eigenvalue weighted by Crippen LogP contribution is 2.44. The highest BCUT2D eigenvalue weighted by Gasteiger charge is 2.49. The normalized spacial score (nSPS) is 23.0. The Kier molecular flexibility index (Phi) is 15.6. The SMILES string of the molecule is CCCCC(C)(O)CC=C[C@H]1C(O[Si](CCCC)(C(C)C)C(C)C)CC(=O)[C@@H]1CCCCCC(C)C(=O)O. The maximum atomic E-state index is 13.4. The van der Waals surface area contributed by atoms with Gasteiger partial charge < -0.3 is 14.6 Å². The molecule has 0 saturated heterocycles. The average molecular weight is 553 g/mol. The van der Waals surface area contributed by atoms with E-state index in [1.54, 1.807) is 6.92 Å². The molecule has 1 aliphatic carbocycles. The number of aliphatic carboxylic acids is 1. The van der Waals surface area contributed by atoms with Gasteiger partial charge in [-0.25, -0.2) is 0 Å². The monoisotopic (exact) mass is 552 g/mol. The average Bonchev–Trinajstić information content (AvgIpc) is 3.13. The first-order valence-electron chi connectivity index (χ1n) is 15.6. The minimum atomic E-state index is -2.09. The number of carboxylic acid groups (broad SMARTS) is 1. The van der Waals surface area contributed by atoms with Gasteiger partial charge in [-0.15, -0.1) is 0 Å². The predicted molar refractivity (Wildman–Crippen MR) is 161 cm³/mol. The van der Waals surface area contributed by atoms with Gasteiger partial charge in [0.15, 0.2) is 8.32 Å². The molecule has 0 heterocycles. The van der Waals surface area contributed by atoms with Gasteiger partial charge >= 0.3 is 5.97 Å². The Morgan fingerprint density at radius 2 is 1.68 bits per heavy atom. The Morgan fingerprint density at radius 1 is 1.05 bits per heavy atom. The molecule has 0 aliphatic heterocycles. The predicted octanol–water partition coefficient (Wildman–Crippen LogP) is 8.70. The number of ketones is 1. The van der Waals surface area contributed by atoms with E-state index in [0.29, 0.717) is 36.1 Å². The first-order valence-corrected chi connectivity index (χ1v) is 17.9. The van der Waals surface area contributed by atoms with Crippen LogP contribution in [0.1, 0.15) is 132 Å². The summed E-state index contributed by atoms with van der Waals surface area (Å²) in [6, 6.07) is 1.14. The molecule has 1 saturated carbocycles. The Morgan fingerprint density at radius 3 is 2.24 bits per heavy atom. The number of rotatable bonds is 20. The molecule has 38 heavy (non-hydrogen) atoms. The molecule has 1 aliphatic rings. The maximum absolute atomic E-state index is 13.4. The molecule has 222 valence electrons. The third-order valence-corrected chi connectivity index (χ3v) is 14.8. The first-order chi connectivity index (χ1) is 17.8. The zero-order valence-corrected chi connectivity index (χ0v) is 26.9. The number of hydrogen-bond acceptors (Lipinski definition) is 4. The Labute approximate surface area is 235 Å². The molecule has 0 aromatic carbocycles. The van der Waals surface area contributed by atoms with Crippen LogP contribution in [0.5, 0.6) is 0 Å². The van der Waals surface area contributed by atoms with Crippen LogP contribution in [0.15, 0.2) is 12.2 Å². The van der Waals surface area contributed by atoms with Crippen molar-refractivity contribution in [3.8, 4) is 0 Å². The second kappa shape index (κ2) is 17.0. The molecule has 0 spiro atoms. The van der Waals surface area contributed by atoms with E-state index in [1.807, 2.05) is 6.92 Å². The van der Waals surface area contributed by atoms with Crippen molar-refractivity contribution >= 4 is 20.1 Å². The molecule has 5 atom stereocenters. The van der Waals surface area contributed by atoms with E-state index in [1.165, 1.54) is 6.42 Å². The zero-order valence-electron chi connectivity index (χ0n) is 25.9. The summed E-state index contributed by atoms with van der Waals surface area (Å²) in [7, 11) is -2.09. The van der Waals surface area contributed by atoms with E-state index in [9.17, 15) is 14.7 Å². The van der Waals surface area contributed by atoms with E-state index < -0.39 is 19.9 Å². The molecule has 0 radical (unpaired) electrons. The molecule has 0 aromatic heterocycles. The van der Waals surface area contributed by atoms with Gasteiger partial charge in [0.2, 0.25) is 0 Å². The van der Waals surface area contributed by atoms with Crippen molar-refractivity contribution in [2.24, 2.45) is 17.8 Å². The fraction of sp³-hybridized carbons (Fsp3) is 0.875. The van der Waals surface area contributed by atoms with Gasteiger partial charge in [-0.1, -0.05) is 106 Å². The molecule has 0 aromatic rings. The standard InChI is InChI=1S/C32H60O5Si/c1-9-11-20-32(8,36)21-16-19-28-27(18-15-13-14-17-26(7)31(34)35)29(33)23-30(28)37-38(24(3)4,25(5)6)22-12-10-2/h16,19,24-28,30,36H,9-15,17-18,20-23H2,1-8H3,(H,34,35)/t26?,27-,28-,30?,32?/m1/s1. The molecule has 0 amide bonds. The van der Waals surface area contributed by atoms with Crippen LogP contribution in [0, 0.1) is 17.8 Å². The third-order valence-electron chi connectivity index (χ3n) is 9.01. The lowest BCUT2D eigenvalue weighted by molar-refractivity contribution is -0.141. The van der Waals surface area contributed by atoms with E-state index in [4.69, 9.17) is 9.53 Å². The van der Waals surface area contributed by atoms with Crippen molar-refractivity contribution in [1.29, 1.82) is 0 Å². The minimum Gasteiger partial charge on any atom is -0.481 e. The summed E-state index contributed by atoms with van der Waals surface area (Å²) in [5.74, 6) is -0.737. The van der Waals surface area contributed by atoms with Crippen LogP contribution in [0.4, 0.5) is 0 Å². The largest absolute Gasteiger partial charge is 0.481 e. The third kappa shape index (κ3) is 10.9. The van der Waals surface area contributed by atoms with Crippen LogP contribution < -0.4 is 0 Å². The maximum Gasteiger partial charge on any atom is 0.306 e. The van der Waals surface area contributed by atoms with Crippen molar-refractivity contribution in [1.82, 2.24) is 0 Å². The Hall–Kier alpha value is -0.983. The Bertz CT molecular complexity index is 721. The number of hydrogen-bond donors (Lipinski definition) is 2. The van der Waals surface area contributed by atoms with E-state index in [2.05, 4.69) is 53.7 Å². The summed E-state index contributed by atoms with van der Waals surface area (Å²) in [5.41, 5.74) is 0.245. The zero-order chi connectivity index (χ0) is 28.9. The topological polar surface area (TPSA) is 83.8 Å². The summed E-state index contributed by atoms with van der Waals surface area (Å²) in [6.07, 6.45) is 14.8. The van der Waals surface area contributed by atoms with Crippen molar-refractivity contribution < 1.29 is 24.2 Å². The molecule has 2 N–H and O–H groups in total. The van der Waals surface area contributed by atoms with Gasteiger partial charge in [-0.2, -0.15) is 0 Å². The van der Waals surface area contributed by atoms with Crippen molar-refractivity contribution in [3.05, 3.63) is 12.2 Å². The molecule has 5 nitrogen and oxygen atoms in total. The molecule has 6 heteroatoms. The second-order valence-electron chi connectivity index (χ2n) is 13.0. The summed E-state index contributed by atoms with van der Waals surface area (Å²) in [5, 5.41) is 20.0. The minimum absolute atomic E-state index is 0.0495. The molecular formula is C32H60O5Si.